The molecule has 1 heterocycles. The molecule has 3 aromatic rings. The summed E-state index contributed by atoms with van der Waals surface area (Å²) in [4.78, 5) is 12.7. The van der Waals surface area contributed by atoms with Gasteiger partial charge in [0, 0.05) is 18.1 Å². The number of nitrogens with one attached hydrogen (secondary N) is 2. The van der Waals surface area contributed by atoms with Gasteiger partial charge < -0.3 is 23.9 Å². The number of benzene rings is 2. The van der Waals surface area contributed by atoms with Gasteiger partial charge in [0.1, 0.15) is 34.8 Å². The minimum atomic E-state index is -0.330. The van der Waals surface area contributed by atoms with Crippen LogP contribution in [0.2, 0.25) is 0 Å². The molecule has 3 N–H and O–H groups in total. The van der Waals surface area contributed by atoms with Gasteiger partial charge in [-0.15, -0.1) is 0 Å². The molecule has 1 aromatic heterocycles. The topological polar surface area (TPSA) is 102 Å². The average molecular weight is 445 g/mol. The van der Waals surface area contributed by atoms with Crippen LogP contribution in [0.15, 0.2) is 52.9 Å². The Morgan fingerprint density at radius 2 is 1.87 bits per heavy atom. The predicted molar refractivity (Wildman–Crippen MR) is 119 cm³/mol. The van der Waals surface area contributed by atoms with Crippen LogP contribution in [0.4, 0.5) is 0 Å². The van der Waals surface area contributed by atoms with Gasteiger partial charge in [0.2, 0.25) is 0 Å². The van der Waals surface area contributed by atoms with Crippen LogP contribution >= 0.6 is 12.2 Å². The van der Waals surface area contributed by atoms with Crippen LogP contribution in [0, 0.1) is 0 Å². The van der Waals surface area contributed by atoms with Crippen LogP contribution in [0.25, 0.3) is 11.0 Å². The maximum Gasteiger partial charge on any atom is 0.287 e. The molecule has 0 aliphatic carbocycles. The van der Waals surface area contributed by atoms with Crippen LogP contribution in [-0.4, -0.2) is 49.1 Å². The molecule has 1 atom stereocenters. The standard InChI is InChI=1S/C22H24N2O6S/c1-14(29-17-5-3-15(4-6-17)22(31)24-26)13-23-21(25)20-12-16-11-18(28-10-9-27-2)7-8-19(16)30-20/h3-8,11-12,14,26H,9-10,13H2,1-2H3,(H,23,25)(H,24,31)/t14-/m1/s1. The number of hydrogen-bond donors (Lipinski definition) is 3. The summed E-state index contributed by atoms with van der Waals surface area (Å²) in [6.07, 6.45) is -0.275. The van der Waals surface area contributed by atoms with E-state index in [1.165, 1.54) is 0 Å². The summed E-state index contributed by atoms with van der Waals surface area (Å²) in [6.45, 7) is 3.07. The molecule has 8 nitrogen and oxygen atoms in total. The van der Waals surface area contributed by atoms with Crippen molar-refractivity contribution in [3.8, 4) is 11.5 Å². The van der Waals surface area contributed by atoms with Gasteiger partial charge in [-0.05, 0) is 55.5 Å². The summed E-state index contributed by atoms with van der Waals surface area (Å²) in [5.41, 5.74) is 3.21. The Kier molecular flexibility index (Phi) is 7.82. The summed E-state index contributed by atoms with van der Waals surface area (Å²) >= 11 is 4.95. The molecule has 1 amide bonds. The summed E-state index contributed by atoms with van der Waals surface area (Å²) in [7, 11) is 1.61. The van der Waals surface area contributed by atoms with Crippen LogP contribution in [0.3, 0.4) is 0 Å². The zero-order valence-corrected chi connectivity index (χ0v) is 18.0. The highest BCUT2D eigenvalue weighted by Crippen LogP contribution is 2.24. The molecule has 0 unspecified atom stereocenters. The lowest BCUT2D eigenvalue weighted by Crippen LogP contribution is -2.33. The number of furan rings is 1. The van der Waals surface area contributed by atoms with Gasteiger partial charge >= 0.3 is 0 Å². The quantitative estimate of drug-likeness (QED) is 0.249. The fourth-order valence-electron chi connectivity index (χ4n) is 2.81. The lowest BCUT2D eigenvalue weighted by atomic mass is 10.2. The third kappa shape index (κ3) is 6.17. The molecule has 0 saturated carbocycles. The molecule has 0 spiro atoms. The molecular weight excluding hydrogens is 420 g/mol. The van der Waals surface area contributed by atoms with Crippen LogP contribution in [-0.2, 0) is 4.74 Å². The van der Waals surface area contributed by atoms with E-state index in [-0.39, 0.29) is 22.8 Å². The summed E-state index contributed by atoms with van der Waals surface area (Å²) < 4.78 is 22.0. The Bertz CT molecular complexity index is 1030. The second-order valence-corrected chi connectivity index (χ2v) is 7.16. The summed E-state index contributed by atoms with van der Waals surface area (Å²) in [5, 5.41) is 12.4. The van der Waals surface area contributed by atoms with E-state index in [2.05, 4.69) is 5.32 Å². The predicted octanol–water partition coefficient (Wildman–Crippen LogP) is 3.31. The molecule has 0 aliphatic rings. The highest BCUT2D eigenvalue weighted by atomic mass is 32.1. The number of amides is 1. The van der Waals surface area contributed by atoms with Gasteiger partial charge in [-0.1, -0.05) is 12.2 Å². The second kappa shape index (κ2) is 10.8. The first kappa shape index (κ1) is 22.5. The highest BCUT2D eigenvalue weighted by molar-refractivity contribution is 7.80. The van der Waals surface area contributed by atoms with E-state index in [0.717, 1.165) is 5.39 Å². The molecule has 0 bridgehead atoms. The number of rotatable bonds is 10. The fraction of sp³-hybridized carbons (Fsp3) is 0.273. The Morgan fingerprint density at radius 1 is 1.13 bits per heavy atom. The molecule has 2 aromatic carbocycles. The first-order valence-corrected chi connectivity index (χ1v) is 10.1. The summed E-state index contributed by atoms with van der Waals surface area (Å²) in [6, 6.07) is 14.0. The van der Waals surface area contributed by atoms with Gasteiger partial charge in [0.15, 0.2) is 5.76 Å². The first-order chi connectivity index (χ1) is 15.0. The largest absolute Gasteiger partial charge is 0.491 e. The number of fused-ring (bicyclic) bond motifs is 1. The van der Waals surface area contributed by atoms with Gasteiger partial charge in [-0.2, -0.15) is 0 Å². The molecular formula is C22H24N2O6S. The lowest BCUT2D eigenvalue weighted by molar-refractivity contribution is 0.0906. The van der Waals surface area contributed by atoms with E-state index in [9.17, 15) is 4.79 Å². The summed E-state index contributed by atoms with van der Waals surface area (Å²) in [5.74, 6) is 1.19. The number of carbonyl (C=O) groups excluding carboxylic acids is 1. The van der Waals surface area contributed by atoms with Gasteiger partial charge in [-0.3, -0.25) is 15.5 Å². The maximum atomic E-state index is 12.5. The van der Waals surface area contributed by atoms with Crippen molar-refractivity contribution in [1.82, 2.24) is 10.8 Å². The lowest BCUT2D eigenvalue weighted by Gasteiger charge is -2.15. The molecule has 0 aliphatic heterocycles. The van der Waals surface area contributed by atoms with Crippen molar-refractivity contribution in [3.05, 3.63) is 59.9 Å². The fourth-order valence-corrected chi connectivity index (χ4v) is 2.95. The Morgan fingerprint density at radius 3 is 2.58 bits per heavy atom. The Labute approximate surface area is 185 Å². The third-order valence-electron chi connectivity index (χ3n) is 4.37. The number of hydrogen-bond acceptors (Lipinski definition) is 7. The highest BCUT2D eigenvalue weighted by Gasteiger charge is 2.14. The van der Waals surface area contributed by atoms with Crippen molar-refractivity contribution in [3.63, 3.8) is 0 Å². The molecule has 0 saturated heterocycles. The van der Waals surface area contributed by atoms with Crippen LogP contribution < -0.4 is 20.3 Å². The van der Waals surface area contributed by atoms with E-state index in [1.807, 2.05) is 18.5 Å². The van der Waals surface area contributed by atoms with Crippen LogP contribution in [0.5, 0.6) is 11.5 Å². The number of hydroxylamine groups is 1. The van der Waals surface area contributed by atoms with E-state index < -0.39 is 0 Å². The second-order valence-electron chi connectivity index (χ2n) is 6.76. The molecule has 164 valence electrons. The Balaban J connectivity index is 1.53. The number of methoxy groups -OCH3 is 1. The van der Waals surface area contributed by atoms with E-state index in [0.29, 0.717) is 42.4 Å². The zero-order valence-electron chi connectivity index (χ0n) is 17.2. The van der Waals surface area contributed by atoms with E-state index in [1.54, 1.807) is 49.6 Å². The van der Waals surface area contributed by atoms with Gasteiger partial charge in [0.05, 0.1) is 13.2 Å². The first-order valence-electron chi connectivity index (χ1n) is 9.65. The smallest absolute Gasteiger partial charge is 0.287 e. The third-order valence-corrected chi connectivity index (χ3v) is 4.70. The monoisotopic (exact) mass is 444 g/mol. The van der Waals surface area contributed by atoms with E-state index in [4.69, 9.17) is 36.1 Å². The number of thiocarbonyl (C=S) groups is 1. The molecule has 3 rings (SSSR count). The normalized spacial score (nSPS) is 11.7. The van der Waals surface area contributed by atoms with Crippen molar-refractivity contribution in [2.24, 2.45) is 0 Å². The minimum absolute atomic E-state index is 0.214. The number of ether oxygens (including phenoxy) is 3. The van der Waals surface area contributed by atoms with E-state index >= 15 is 0 Å². The molecule has 0 radical (unpaired) electrons. The van der Waals surface area contributed by atoms with Crippen molar-refractivity contribution < 1.29 is 28.6 Å². The van der Waals surface area contributed by atoms with Crippen molar-refractivity contribution in [1.29, 1.82) is 0 Å². The van der Waals surface area contributed by atoms with Crippen molar-refractivity contribution in [2.45, 2.75) is 13.0 Å². The van der Waals surface area contributed by atoms with Gasteiger partial charge in [0.25, 0.3) is 5.91 Å². The molecule has 0 fully saturated rings. The molecule has 9 heteroatoms. The van der Waals surface area contributed by atoms with Crippen molar-refractivity contribution in [2.75, 3.05) is 26.9 Å². The molecule has 31 heavy (non-hydrogen) atoms. The van der Waals surface area contributed by atoms with Crippen LogP contribution in [0.1, 0.15) is 23.0 Å². The maximum absolute atomic E-state index is 12.5. The number of carbonyl (C=O) groups is 1. The average Bonchev–Trinajstić information content (AvgIpc) is 3.21. The Hall–Kier alpha value is -3.14. The van der Waals surface area contributed by atoms with Gasteiger partial charge in [-0.25, -0.2) is 0 Å². The van der Waals surface area contributed by atoms with Crippen molar-refractivity contribution >= 4 is 34.1 Å². The zero-order chi connectivity index (χ0) is 22.2. The minimum Gasteiger partial charge on any atom is -0.491 e. The SMILES string of the molecule is COCCOc1ccc2oc(C(=O)NC[C@@H](C)Oc3ccc(C(=S)NO)cc3)cc2c1.